The van der Waals surface area contributed by atoms with Crippen molar-refractivity contribution in [1.29, 1.82) is 0 Å². The van der Waals surface area contributed by atoms with E-state index in [1.54, 1.807) is 0 Å². The third-order valence-corrected chi connectivity index (χ3v) is 5.89. The molecule has 0 aromatic rings. The molecule has 2 saturated carbocycles. The van der Waals surface area contributed by atoms with Gasteiger partial charge in [0, 0.05) is 18.1 Å². The number of nitrogens with one attached hydrogen (secondary N) is 1. The third-order valence-electron chi connectivity index (χ3n) is 5.89. The molecule has 3 atom stereocenters. The maximum absolute atomic E-state index is 3.70. The van der Waals surface area contributed by atoms with E-state index in [9.17, 15) is 0 Å². The second kappa shape index (κ2) is 6.58. The first-order valence-electron chi connectivity index (χ1n) is 8.87. The number of hydrogen-bond donors (Lipinski definition) is 1. The predicted octanol–water partition coefficient (Wildman–Crippen LogP) is 3.56. The van der Waals surface area contributed by atoms with Gasteiger partial charge in [0.25, 0.3) is 0 Å². The van der Waals surface area contributed by atoms with Crippen molar-refractivity contribution >= 4 is 0 Å². The van der Waals surface area contributed by atoms with Crippen molar-refractivity contribution in [3.8, 4) is 0 Å². The summed E-state index contributed by atoms with van der Waals surface area (Å²) in [6.45, 7) is 4.79. The molecule has 0 spiro atoms. The lowest BCUT2D eigenvalue weighted by atomic mass is 9.87. The Morgan fingerprint density at radius 3 is 2.58 bits per heavy atom. The van der Waals surface area contributed by atoms with E-state index in [1.807, 2.05) is 0 Å². The van der Waals surface area contributed by atoms with Gasteiger partial charge in [-0.15, -0.1) is 0 Å². The molecule has 3 aliphatic rings. The molecule has 19 heavy (non-hydrogen) atoms. The average molecular weight is 264 g/mol. The Morgan fingerprint density at radius 1 is 0.947 bits per heavy atom. The van der Waals surface area contributed by atoms with Gasteiger partial charge in [0.15, 0.2) is 0 Å². The number of likely N-dealkylation sites (tertiary alicyclic amines) is 1. The lowest BCUT2D eigenvalue weighted by molar-refractivity contribution is 0.0970. The first-order valence-corrected chi connectivity index (χ1v) is 8.87. The summed E-state index contributed by atoms with van der Waals surface area (Å²) in [5.41, 5.74) is 0. The summed E-state index contributed by atoms with van der Waals surface area (Å²) < 4.78 is 0. The van der Waals surface area contributed by atoms with Crippen LogP contribution in [-0.2, 0) is 0 Å². The monoisotopic (exact) mass is 264 g/mol. The summed E-state index contributed by atoms with van der Waals surface area (Å²) >= 11 is 0. The minimum Gasteiger partial charge on any atom is -0.314 e. The van der Waals surface area contributed by atoms with Gasteiger partial charge in [-0.1, -0.05) is 26.2 Å². The van der Waals surface area contributed by atoms with Crippen molar-refractivity contribution in [3.05, 3.63) is 0 Å². The second-order valence-electron chi connectivity index (χ2n) is 7.07. The van der Waals surface area contributed by atoms with Crippen LogP contribution in [0.3, 0.4) is 0 Å². The third kappa shape index (κ3) is 3.16. The van der Waals surface area contributed by atoms with E-state index in [-0.39, 0.29) is 0 Å². The van der Waals surface area contributed by atoms with Crippen molar-refractivity contribution < 1.29 is 0 Å². The second-order valence-corrected chi connectivity index (χ2v) is 7.07. The average Bonchev–Trinajstić information content (AvgIpc) is 3.10. The molecule has 0 aromatic carbocycles. The van der Waals surface area contributed by atoms with E-state index in [0.29, 0.717) is 0 Å². The van der Waals surface area contributed by atoms with Gasteiger partial charge >= 0.3 is 0 Å². The Morgan fingerprint density at radius 2 is 1.79 bits per heavy atom. The molecule has 110 valence electrons. The fraction of sp³-hybridized carbons (Fsp3) is 1.00. The van der Waals surface area contributed by atoms with Gasteiger partial charge in [-0.05, 0) is 64.0 Å². The van der Waals surface area contributed by atoms with Crippen LogP contribution in [0.15, 0.2) is 0 Å². The Bertz CT molecular complexity index is 270. The zero-order valence-corrected chi connectivity index (χ0v) is 12.7. The smallest absolute Gasteiger partial charge is 0.0127 e. The minimum atomic E-state index is 0.800. The fourth-order valence-electron chi connectivity index (χ4n) is 5.06. The standard InChI is InChI=1S/C17H32N2/c1-2-18-15-9-5-10-16(13-15)19-12-6-11-17(19)14-7-3-4-8-14/h14-18H,2-13H2,1H3. The molecule has 2 heteroatoms. The summed E-state index contributed by atoms with van der Waals surface area (Å²) in [4.78, 5) is 2.94. The van der Waals surface area contributed by atoms with Crippen LogP contribution in [0.25, 0.3) is 0 Å². The predicted molar refractivity (Wildman–Crippen MR) is 81.4 cm³/mol. The van der Waals surface area contributed by atoms with E-state index < -0.39 is 0 Å². The first kappa shape index (κ1) is 13.9. The van der Waals surface area contributed by atoms with Gasteiger partial charge in [0.2, 0.25) is 0 Å². The van der Waals surface area contributed by atoms with E-state index in [4.69, 9.17) is 0 Å². The maximum atomic E-state index is 3.70. The molecule has 0 aromatic heterocycles. The zero-order chi connectivity index (χ0) is 13.1. The number of nitrogens with zero attached hydrogens (tertiary/aromatic N) is 1. The zero-order valence-electron chi connectivity index (χ0n) is 12.7. The molecule has 2 aliphatic carbocycles. The quantitative estimate of drug-likeness (QED) is 0.835. The van der Waals surface area contributed by atoms with Crippen LogP contribution in [-0.4, -0.2) is 36.1 Å². The van der Waals surface area contributed by atoms with Crippen molar-refractivity contribution in [2.45, 2.75) is 89.3 Å². The van der Waals surface area contributed by atoms with E-state index in [0.717, 1.165) is 30.6 Å². The molecule has 3 rings (SSSR count). The SMILES string of the molecule is CCNC1CCCC(N2CCCC2C2CCCC2)C1. The van der Waals surface area contributed by atoms with Gasteiger partial charge in [-0.2, -0.15) is 0 Å². The molecule has 1 aliphatic heterocycles. The summed E-state index contributed by atoms with van der Waals surface area (Å²) in [5.74, 6) is 1.04. The number of hydrogen-bond acceptors (Lipinski definition) is 2. The highest BCUT2D eigenvalue weighted by Gasteiger charge is 2.38. The van der Waals surface area contributed by atoms with Gasteiger partial charge in [0.1, 0.15) is 0 Å². The van der Waals surface area contributed by atoms with Gasteiger partial charge in [-0.25, -0.2) is 0 Å². The normalized spacial score (nSPS) is 38.1. The molecule has 3 fully saturated rings. The lowest BCUT2D eigenvalue weighted by Gasteiger charge is -2.40. The number of rotatable bonds is 4. The Kier molecular flexibility index (Phi) is 4.81. The van der Waals surface area contributed by atoms with E-state index in [2.05, 4.69) is 17.1 Å². The van der Waals surface area contributed by atoms with E-state index in [1.165, 1.54) is 70.8 Å². The van der Waals surface area contributed by atoms with Crippen LogP contribution in [0.4, 0.5) is 0 Å². The summed E-state index contributed by atoms with van der Waals surface area (Å²) in [7, 11) is 0. The van der Waals surface area contributed by atoms with E-state index >= 15 is 0 Å². The molecule has 0 amide bonds. The van der Waals surface area contributed by atoms with Crippen molar-refractivity contribution in [1.82, 2.24) is 10.2 Å². The summed E-state index contributed by atoms with van der Waals surface area (Å²) in [6, 6.07) is 2.65. The summed E-state index contributed by atoms with van der Waals surface area (Å²) in [5, 5.41) is 3.70. The van der Waals surface area contributed by atoms with Crippen LogP contribution >= 0.6 is 0 Å². The Hall–Kier alpha value is -0.0800. The van der Waals surface area contributed by atoms with Crippen LogP contribution in [0.5, 0.6) is 0 Å². The lowest BCUT2D eigenvalue weighted by Crippen LogP contribution is -2.47. The molecule has 2 nitrogen and oxygen atoms in total. The maximum Gasteiger partial charge on any atom is 0.0127 e. The molecular weight excluding hydrogens is 232 g/mol. The Balaban J connectivity index is 1.59. The minimum absolute atomic E-state index is 0.800. The fourth-order valence-corrected chi connectivity index (χ4v) is 5.06. The molecule has 0 bridgehead atoms. The molecule has 1 saturated heterocycles. The van der Waals surface area contributed by atoms with Crippen LogP contribution < -0.4 is 5.32 Å². The van der Waals surface area contributed by atoms with Gasteiger partial charge in [-0.3, -0.25) is 4.90 Å². The van der Waals surface area contributed by atoms with Crippen molar-refractivity contribution in [2.24, 2.45) is 5.92 Å². The Labute approximate surface area is 119 Å². The highest BCUT2D eigenvalue weighted by Crippen LogP contribution is 2.38. The van der Waals surface area contributed by atoms with Gasteiger partial charge in [0.05, 0.1) is 0 Å². The molecule has 1 heterocycles. The van der Waals surface area contributed by atoms with Crippen LogP contribution in [0.2, 0.25) is 0 Å². The summed E-state index contributed by atoms with van der Waals surface area (Å²) in [6.07, 6.45) is 14.7. The van der Waals surface area contributed by atoms with Crippen LogP contribution in [0.1, 0.15) is 71.1 Å². The van der Waals surface area contributed by atoms with Gasteiger partial charge < -0.3 is 5.32 Å². The molecule has 3 unspecified atom stereocenters. The topological polar surface area (TPSA) is 15.3 Å². The largest absolute Gasteiger partial charge is 0.314 e. The van der Waals surface area contributed by atoms with Crippen molar-refractivity contribution in [3.63, 3.8) is 0 Å². The first-order chi connectivity index (χ1) is 9.38. The molecule has 0 radical (unpaired) electrons. The molecule has 1 N–H and O–H groups in total. The molecular formula is C17H32N2. The van der Waals surface area contributed by atoms with Crippen molar-refractivity contribution in [2.75, 3.05) is 13.1 Å². The van der Waals surface area contributed by atoms with Crippen LogP contribution in [0, 0.1) is 5.92 Å². The highest BCUT2D eigenvalue weighted by atomic mass is 15.2. The highest BCUT2D eigenvalue weighted by molar-refractivity contribution is 4.93.